The summed E-state index contributed by atoms with van der Waals surface area (Å²) in [5.74, 6) is 0.570. The van der Waals surface area contributed by atoms with Crippen molar-refractivity contribution in [2.24, 2.45) is 7.05 Å². The third-order valence-corrected chi connectivity index (χ3v) is 4.65. The number of aryl methyl sites for hydroxylation is 1. The van der Waals surface area contributed by atoms with Crippen LogP contribution in [-0.2, 0) is 11.8 Å². The summed E-state index contributed by atoms with van der Waals surface area (Å²) in [6.45, 7) is 4.93. The van der Waals surface area contributed by atoms with Crippen LogP contribution < -0.4 is 11.1 Å². The zero-order chi connectivity index (χ0) is 18.8. The standard InChI is InChI=1S/C18H22FN7O/c1-25-16(20)14-15(12-3-2-4-13(19)11-12)22-18(23-17(14)24-25)21-5-6-26-7-9-27-10-8-26/h2-4,11H,5-10,20H2,1H3,(H,21,23,24). The number of hydrogen-bond acceptors (Lipinski definition) is 7. The number of aromatic nitrogens is 4. The van der Waals surface area contributed by atoms with Crippen LogP contribution >= 0.6 is 0 Å². The van der Waals surface area contributed by atoms with Crippen LogP contribution in [0.3, 0.4) is 0 Å². The molecule has 4 rings (SSSR count). The van der Waals surface area contributed by atoms with Gasteiger partial charge in [0, 0.05) is 38.8 Å². The molecule has 8 nitrogen and oxygen atoms in total. The Morgan fingerprint density at radius 1 is 1.26 bits per heavy atom. The van der Waals surface area contributed by atoms with Crippen molar-refractivity contribution in [1.82, 2.24) is 24.6 Å². The fourth-order valence-electron chi connectivity index (χ4n) is 3.19. The number of halogens is 1. The van der Waals surface area contributed by atoms with Crippen molar-refractivity contribution >= 4 is 22.8 Å². The molecule has 1 fully saturated rings. The number of nitrogens with zero attached hydrogens (tertiary/aromatic N) is 5. The van der Waals surface area contributed by atoms with Crippen LogP contribution in [0.15, 0.2) is 24.3 Å². The molecule has 0 bridgehead atoms. The number of hydrogen-bond donors (Lipinski definition) is 2. The van der Waals surface area contributed by atoms with E-state index in [9.17, 15) is 4.39 Å². The average Bonchev–Trinajstić information content (AvgIpc) is 2.96. The van der Waals surface area contributed by atoms with Gasteiger partial charge >= 0.3 is 0 Å². The Morgan fingerprint density at radius 2 is 2.07 bits per heavy atom. The van der Waals surface area contributed by atoms with Crippen molar-refractivity contribution in [3.05, 3.63) is 30.1 Å². The van der Waals surface area contributed by atoms with Crippen molar-refractivity contribution in [2.75, 3.05) is 50.4 Å². The molecule has 0 radical (unpaired) electrons. The largest absolute Gasteiger partial charge is 0.383 e. The molecule has 0 atom stereocenters. The van der Waals surface area contributed by atoms with Crippen molar-refractivity contribution in [1.29, 1.82) is 0 Å². The van der Waals surface area contributed by atoms with E-state index in [4.69, 9.17) is 10.5 Å². The Kier molecular flexibility index (Phi) is 4.87. The van der Waals surface area contributed by atoms with Crippen LogP contribution in [0.25, 0.3) is 22.3 Å². The predicted molar refractivity (Wildman–Crippen MR) is 102 cm³/mol. The first-order valence-corrected chi connectivity index (χ1v) is 8.92. The second-order valence-corrected chi connectivity index (χ2v) is 6.49. The lowest BCUT2D eigenvalue weighted by Crippen LogP contribution is -2.39. The topological polar surface area (TPSA) is 94.1 Å². The van der Waals surface area contributed by atoms with Gasteiger partial charge in [-0.25, -0.2) is 9.37 Å². The summed E-state index contributed by atoms with van der Waals surface area (Å²) < 4.78 is 20.7. The molecule has 2 aromatic heterocycles. The maximum atomic E-state index is 13.7. The molecule has 27 heavy (non-hydrogen) atoms. The van der Waals surface area contributed by atoms with Crippen LogP contribution in [0, 0.1) is 5.82 Å². The number of nitrogens with one attached hydrogen (secondary N) is 1. The van der Waals surface area contributed by atoms with E-state index in [-0.39, 0.29) is 5.82 Å². The second kappa shape index (κ2) is 7.45. The second-order valence-electron chi connectivity index (χ2n) is 6.49. The van der Waals surface area contributed by atoms with Gasteiger partial charge in [0.2, 0.25) is 5.95 Å². The first-order chi connectivity index (χ1) is 13.1. The molecule has 142 valence electrons. The number of fused-ring (bicyclic) bond motifs is 1. The Morgan fingerprint density at radius 3 is 2.85 bits per heavy atom. The first-order valence-electron chi connectivity index (χ1n) is 8.92. The summed E-state index contributed by atoms with van der Waals surface area (Å²) in [5.41, 5.74) is 7.84. The summed E-state index contributed by atoms with van der Waals surface area (Å²) in [6.07, 6.45) is 0. The molecule has 3 heterocycles. The summed E-state index contributed by atoms with van der Waals surface area (Å²) in [6, 6.07) is 6.28. The highest BCUT2D eigenvalue weighted by molar-refractivity contribution is 5.98. The van der Waals surface area contributed by atoms with E-state index in [0.717, 1.165) is 32.8 Å². The number of ether oxygens (including phenoxy) is 1. The van der Waals surface area contributed by atoms with E-state index in [1.54, 1.807) is 23.9 Å². The van der Waals surface area contributed by atoms with E-state index in [1.807, 2.05) is 0 Å². The number of nitrogen functional groups attached to an aromatic ring is 1. The SMILES string of the molecule is Cn1nc2nc(NCCN3CCOCC3)nc(-c3cccc(F)c3)c2c1N. The fourth-order valence-corrected chi connectivity index (χ4v) is 3.19. The predicted octanol–water partition coefficient (Wildman–Crippen LogP) is 1.50. The summed E-state index contributed by atoms with van der Waals surface area (Å²) in [7, 11) is 1.75. The molecule has 3 aromatic rings. The van der Waals surface area contributed by atoms with Crippen molar-refractivity contribution in [3.8, 4) is 11.3 Å². The van der Waals surface area contributed by atoms with Gasteiger partial charge in [0.05, 0.1) is 24.3 Å². The van der Waals surface area contributed by atoms with Gasteiger partial charge in [-0.3, -0.25) is 9.58 Å². The van der Waals surface area contributed by atoms with Gasteiger partial charge in [0.25, 0.3) is 0 Å². The van der Waals surface area contributed by atoms with E-state index in [2.05, 4.69) is 25.3 Å². The molecule has 1 saturated heterocycles. The Labute approximate surface area is 156 Å². The lowest BCUT2D eigenvalue weighted by atomic mass is 10.1. The van der Waals surface area contributed by atoms with E-state index < -0.39 is 0 Å². The number of benzene rings is 1. The van der Waals surface area contributed by atoms with E-state index in [0.29, 0.717) is 40.6 Å². The monoisotopic (exact) mass is 371 g/mol. The van der Waals surface area contributed by atoms with Crippen molar-refractivity contribution in [2.45, 2.75) is 0 Å². The third kappa shape index (κ3) is 3.69. The fraction of sp³-hybridized carbons (Fsp3) is 0.389. The quantitative estimate of drug-likeness (QED) is 0.702. The minimum Gasteiger partial charge on any atom is -0.383 e. The molecule has 1 aromatic carbocycles. The smallest absolute Gasteiger partial charge is 0.225 e. The molecule has 0 amide bonds. The van der Waals surface area contributed by atoms with Gasteiger partial charge < -0.3 is 15.8 Å². The number of morpholine rings is 1. The van der Waals surface area contributed by atoms with E-state index in [1.165, 1.54) is 12.1 Å². The highest BCUT2D eigenvalue weighted by Crippen LogP contribution is 2.31. The van der Waals surface area contributed by atoms with Crippen molar-refractivity contribution in [3.63, 3.8) is 0 Å². The Hall–Kier alpha value is -2.78. The zero-order valence-corrected chi connectivity index (χ0v) is 15.2. The maximum absolute atomic E-state index is 13.7. The molecule has 9 heteroatoms. The molecular formula is C18H22FN7O. The van der Waals surface area contributed by atoms with Crippen LogP contribution in [-0.4, -0.2) is 64.0 Å². The molecule has 0 spiro atoms. The number of nitrogens with two attached hydrogens (primary N) is 1. The van der Waals surface area contributed by atoms with Crippen LogP contribution in [0.2, 0.25) is 0 Å². The lowest BCUT2D eigenvalue weighted by Gasteiger charge is -2.26. The molecule has 3 N–H and O–H groups in total. The number of rotatable bonds is 5. The molecular weight excluding hydrogens is 349 g/mol. The van der Waals surface area contributed by atoms with Crippen LogP contribution in [0.1, 0.15) is 0 Å². The summed E-state index contributed by atoms with van der Waals surface area (Å²) >= 11 is 0. The molecule has 0 unspecified atom stereocenters. The molecule has 0 aliphatic carbocycles. The van der Waals surface area contributed by atoms with Crippen molar-refractivity contribution < 1.29 is 9.13 Å². The zero-order valence-electron chi connectivity index (χ0n) is 15.2. The highest BCUT2D eigenvalue weighted by Gasteiger charge is 2.17. The van der Waals surface area contributed by atoms with Crippen LogP contribution in [0.5, 0.6) is 0 Å². The minimum absolute atomic E-state index is 0.330. The van der Waals surface area contributed by atoms with Gasteiger partial charge in [-0.1, -0.05) is 12.1 Å². The van der Waals surface area contributed by atoms with Crippen LogP contribution in [0.4, 0.5) is 16.2 Å². The lowest BCUT2D eigenvalue weighted by molar-refractivity contribution is 0.0398. The molecule has 0 saturated carbocycles. The van der Waals surface area contributed by atoms with Gasteiger partial charge in [-0.05, 0) is 12.1 Å². The minimum atomic E-state index is -0.330. The normalized spacial score (nSPS) is 15.3. The summed E-state index contributed by atoms with van der Waals surface area (Å²) in [5, 5.41) is 8.24. The first kappa shape index (κ1) is 17.6. The average molecular weight is 371 g/mol. The Balaban J connectivity index is 1.63. The maximum Gasteiger partial charge on any atom is 0.225 e. The highest BCUT2D eigenvalue weighted by atomic mass is 19.1. The van der Waals surface area contributed by atoms with E-state index >= 15 is 0 Å². The van der Waals surface area contributed by atoms with Gasteiger partial charge in [-0.2, -0.15) is 10.1 Å². The summed E-state index contributed by atoms with van der Waals surface area (Å²) in [4.78, 5) is 11.4. The molecule has 1 aliphatic rings. The Bertz CT molecular complexity index is 952. The molecule has 1 aliphatic heterocycles. The number of anilines is 2. The van der Waals surface area contributed by atoms with Gasteiger partial charge in [-0.15, -0.1) is 0 Å². The van der Waals surface area contributed by atoms with Gasteiger partial charge in [0.15, 0.2) is 5.65 Å². The van der Waals surface area contributed by atoms with Gasteiger partial charge in [0.1, 0.15) is 11.6 Å². The third-order valence-electron chi connectivity index (χ3n) is 4.65.